The number of ether oxygens (including phenoxy) is 1. The van der Waals surface area contributed by atoms with Crippen molar-refractivity contribution in [1.29, 1.82) is 0 Å². The molecule has 1 saturated heterocycles. The molecule has 0 amide bonds. The van der Waals surface area contributed by atoms with Gasteiger partial charge in [-0.25, -0.2) is 12.8 Å². The Balaban J connectivity index is 1.27. The maximum atomic E-state index is 13.5. The Hall–Kier alpha value is -2.93. The lowest BCUT2D eigenvalue weighted by atomic mass is 9.80. The van der Waals surface area contributed by atoms with Crippen molar-refractivity contribution < 1.29 is 17.5 Å². The zero-order valence-electron chi connectivity index (χ0n) is 22.4. The molecule has 2 unspecified atom stereocenters. The summed E-state index contributed by atoms with van der Waals surface area (Å²) in [7, 11) is -0.400. The lowest BCUT2D eigenvalue weighted by molar-refractivity contribution is -0.0185. The van der Waals surface area contributed by atoms with Crippen molar-refractivity contribution in [3.63, 3.8) is 0 Å². The van der Waals surface area contributed by atoms with Crippen molar-refractivity contribution in [3.8, 4) is 0 Å². The van der Waals surface area contributed by atoms with Crippen molar-refractivity contribution in [3.05, 3.63) is 59.6 Å². The lowest BCUT2D eigenvalue weighted by Gasteiger charge is -2.46. The van der Waals surface area contributed by atoms with Gasteiger partial charge in [0.25, 0.3) is 10.0 Å². The summed E-state index contributed by atoms with van der Waals surface area (Å²) in [5.74, 6) is 0.283. The van der Waals surface area contributed by atoms with Crippen LogP contribution in [0.5, 0.6) is 0 Å². The second-order valence-corrected chi connectivity index (χ2v) is 12.8. The maximum Gasteiger partial charge on any atom is 0.264 e. The van der Waals surface area contributed by atoms with Gasteiger partial charge < -0.3 is 4.74 Å². The standard InChI is InChI=1S/C27H34FN7O3S/c1-18-10-25-20(14-30-35(25)22-6-4-21(28)5-7-22)13-24(18)26-17-34(39(36,37)27-15-29-32(2)31-27)9-8-33(26)16-19-11-23(12-19)38-3/h4-7,10,13-15,19-20,23,25-26H,8-9,11-12,16-17H2,1-3H3/t19?,20?,23?,25?,26-/m1/s1. The van der Waals surface area contributed by atoms with Crippen LogP contribution in [-0.4, -0.2) is 90.3 Å². The van der Waals surface area contributed by atoms with Crippen LogP contribution in [0, 0.1) is 17.7 Å². The number of hydrogen-bond acceptors (Lipinski definition) is 8. The number of fused-ring (bicyclic) bond motifs is 1. The summed E-state index contributed by atoms with van der Waals surface area (Å²) >= 11 is 0. The van der Waals surface area contributed by atoms with E-state index in [1.807, 2.05) is 11.2 Å². The van der Waals surface area contributed by atoms with E-state index in [1.54, 1.807) is 30.6 Å². The van der Waals surface area contributed by atoms with E-state index >= 15 is 0 Å². The van der Waals surface area contributed by atoms with Gasteiger partial charge in [-0.1, -0.05) is 12.2 Å². The molecule has 6 rings (SSSR count). The third kappa shape index (κ3) is 4.94. The lowest BCUT2D eigenvalue weighted by Crippen LogP contribution is -2.57. The summed E-state index contributed by atoms with van der Waals surface area (Å²) in [6.07, 6.45) is 10.0. The van der Waals surface area contributed by atoms with E-state index in [2.05, 4.69) is 39.3 Å². The first-order chi connectivity index (χ1) is 18.7. The van der Waals surface area contributed by atoms with Gasteiger partial charge in [-0.2, -0.15) is 19.3 Å². The third-order valence-electron chi connectivity index (χ3n) is 8.39. The molecule has 0 spiro atoms. The molecule has 1 saturated carbocycles. The third-order valence-corrected chi connectivity index (χ3v) is 10.1. The number of piperazine rings is 1. The molecule has 0 radical (unpaired) electrons. The van der Waals surface area contributed by atoms with Crippen molar-refractivity contribution in [2.24, 2.45) is 24.0 Å². The van der Waals surface area contributed by atoms with Gasteiger partial charge in [0, 0.05) is 58.5 Å². The quantitative estimate of drug-likeness (QED) is 0.518. The van der Waals surface area contributed by atoms with Crippen LogP contribution < -0.4 is 5.01 Å². The van der Waals surface area contributed by atoms with Gasteiger partial charge in [-0.05, 0) is 61.1 Å². The summed E-state index contributed by atoms with van der Waals surface area (Å²) in [4.78, 5) is 3.71. The number of methoxy groups -OCH3 is 1. The van der Waals surface area contributed by atoms with Crippen molar-refractivity contribution in [2.45, 2.75) is 43.0 Å². The number of benzene rings is 1. The highest BCUT2D eigenvalue weighted by Gasteiger charge is 2.42. The average molecular weight is 556 g/mol. The van der Waals surface area contributed by atoms with E-state index in [0.717, 1.165) is 36.2 Å². The molecule has 0 N–H and O–H groups in total. The van der Waals surface area contributed by atoms with Gasteiger partial charge in [0.05, 0.1) is 24.0 Å². The number of hydrogen-bond donors (Lipinski definition) is 0. The summed E-state index contributed by atoms with van der Waals surface area (Å²) < 4.78 is 47.5. The second-order valence-electron chi connectivity index (χ2n) is 10.9. The van der Waals surface area contributed by atoms with Crippen LogP contribution in [0.2, 0.25) is 0 Å². The zero-order valence-corrected chi connectivity index (χ0v) is 23.2. The predicted octanol–water partition coefficient (Wildman–Crippen LogP) is 2.43. The van der Waals surface area contributed by atoms with Crippen LogP contribution >= 0.6 is 0 Å². The molecular formula is C27H34FN7O3S. The van der Waals surface area contributed by atoms with Crippen molar-refractivity contribution in [2.75, 3.05) is 38.3 Å². The monoisotopic (exact) mass is 555 g/mol. The first-order valence-electron chi connectivity index (χ1n) is 13.4. The molecule has 3 atom stereocenters. The van der Waals surface area contributed by atoms with Crippen LogP contribution in [0.3, 0.4) is 0 Å². The number of nitrogens with zero attached hydrogens (tertiary/aromatic N) is 7. The zero-order chi connectivity index (χ0) is 27.3. The Kier molecular flexibility index (Phi) is 6.90. The number of aromatic nitrogens is 3. The minimum atomic E-state index is -3.77. The number of hydrazone groups is 1. The van der Waals surface area contributed by atoms with Gasteiger partial charge in [-0.15, -0.1) is 5.10 Å². The van der Waals surface area contributed by atoms with Gasteiger partial charge in [0.15, 0.2) is 0 Å². The fourth-order valence-electron chi connectivity index (χ4n) is 6.15. The molecule has 2 aliphatic carbocycles. The Morgan fingerprint density at radius 1 is 1.13 bits per heavy atom. The van der Waals surface area contributed by atoms with E-state index in [9.17, 15) is 12.8 Å². The molecule has 10 nitrogen and oxygen atoms in total. The molecule has 0 bridgehead atoms. The molecule has 2 aliphatic heterocycles. The molecule has 12 heteroatoms. The molecule has 1 aromatic carbocycles. The molecule has 2 fully saturated rings. The van der Waals surface area contributed by atoms with E-state index in [1.165, 1.54) is 23.1 Å². The summed E-state index contributed by atoms with van der Waals surface area (Å²) in [6, 6.07) is 6.25. The van der Waals surface area contributed by atoms with Gasteiger partial charge in [0.2, 0.25) is 5.03 Å². The van der Waals surface area contributed by atoms with Crippen molar-refractivity contribution >= 4 is 21.9 Å². The SMILES string of the molecule is COC1CC(CN2CCN(S(=O)(=O)c3cnn(C)n3)C[C@@H]2C2=CC3C=NN(c4ccc(F)cc4)C3C=C2C)C1. The summed E-state index contributed by atoms with van der Waals surface area (Å²) in [6.45, 7) is 4.36. The predicted molar refractivity (Wildman–Crippen MR) is 145 cm³/mol. The Morgan fingerprint density at radius 2 is 1.90 bits per heavy atom. The van der Waals surface area contributed by atoms with E-state index in [4.69, 9.17) is 4.74 Å². The average Bonchev–Trinajstić information content (AvgIpc) is 3.52. The van der Waals surface area contributed by atoms with E-state index < -0.39 is 10.0 Å². The normalized spacial score (nSPS) is 29.6. The maximum absolute atomic E-state index is 13.5. The first kappa shape index (κ1) is 26.3. The smallest absolute Gasteiger partial charge is 0.264 e. The van der Waals surface area contributed by atoms with Gasteiger partial charge >= 0.3 is 0 Å². The van der Waals surface area contributed by atoms with Crippen LogP contribution in [0.4, 0.5) is 10.1 Å². The molecular weight excluding hydrogens is 521 g/mol. The topological polar surface area (TPSA) is 96.2 Å². The van der Waals surface area contributed by atoms with E-state index in [0.29, 0.717) is 31.7 Å². The van der Waals surface area contributed by atoms with Crippen LogP contribution in [0.25, 0.3) is 0 Å². The molecule has 2 aromatic rings. The minimum Gasteiger partial charge on any atom is -0.381 e. The fourth-order valence-corrected chi connectivity index (χ4v) is 7.48. The van der Waals surface area contributed by atoms with Crippen molar-refractivity contribution in [1.82, 2.24) is 24.2 Å². The number of sulfonamides is 1. The second kappa shape index (κ2) is 10.2. The highest BCUT2D eigenvalue weighted by molar-refractivity contribution is 7.89. The number of anilines is 1. The van der Waals surface area contributed by atoms with Gasteiger partial charge in [0.1, 0.15) is 5.82 Å². The van der Waals surface area contributed by atoms with Crippen LogP contribution in [0.1, 0.15) is 19.8 Å². The van der Waals surface area contributed by atoms with Crippen LogP contribution in [-0.2, 0) is 21.8 Å². The fraction of sp³-hybridized carbons (Fsp3) is 0.519. The Bertz CT molecular complexity index is 1410. The highest BCUT2D eigenvalue weighted by atomic mass is 32.2. The Morgan fingerprint density at radius 3 is 2.59 bits per heavy atom. The number of halogens is 1. The molecule has 4 aliphatic rings. The highest BCUT2D eigenvalue weighted by Crippen LogP contribution is 2.38. The summed E-state index contributed by atoms with van der Waals surface area (Å²) in [5.41, 5.74) is 3.07. The Labute approximate surface area is 228 Å². The van der Waals surface area contributed by atoms with Crippen LogP contribution in [0.15, 0.2) is 63.9 Å². The molecule has 39 heavy (non-hydrogen) atoms. The molecule has 1 aromatic heterocycles. The first-order valence-corrected chi connectivity index (χ1v) is 14.8. The largest absolute Gasteiger partial charge is 0.381 e. The van der Waals surface area contributed by atoms with E-state index in [-0.39, 0.29) is 28.8 Å². The van der Waals surface area contributed by atoms with Gasteiger partial charge in [-0.3, -0.25) is 9.91 Å². The molecule has 208 valence electrons. The minimum absolute atomic E-state index is 0.00947. The number of rotatable bonds is 7. The molecule has 3 heterocycles. The number of aryl methyl sites for hydroxylation is 1. The summed E-state index contributed by atoms with van der Waals surface area (Å²) in [5, 5.41) is 14.6.